The Kier molecular flexibility index (Phi) is 4.89. The monoisotopic (exact) mass is 384 g/mol. The fourth-order valence-corrected chi connectivity index (χ4v) is 3.52. The first-order chi connectivity index (χ1) is 13.9. The van der Waals surface area contributed by atoms with Crippen molar-refractivity contribution in [2.75, 3.05) is 5.43 Å². The van der Waals surface area contributed by atoms with Crippen molar-refractivity contribution in [3.05, 3.63) is 82.0 Å². The van der Waals surface area contributed by atoms with E-state index < -0.39 is 0 Å². The summed E-state index contributed by atoms with van der Waals surface area (Å²) in [5.74, 6) is 1.25. The van der Waals surface area contributed by atoms with Crippen molar-refractivity contribution in [2.24, 2.45) is 5.10 Å². The van der Waals surface area contributed by atoms with Gasteiger partial charge in [-0.25, -0.2) is 15.4 Å². The molecular formula is C24H24N4O. The summed E-state index contributed by atoms with van der Waals surface area (Å²) in [7, 11) is 0. The second-order valence-corrected chi connectivity index (χ2v) is 7.51. The third-order valence-corrected chi connectivity index (χ3v) is 4.78. The molecule has 0 spiro atoms. The van der Waals surface area contributed by atoms with Crippen LogP contribution >= 0.6 is 0 Å². The first kappa shape index (κ1) is 18.9. The third-order valence-electron chi connectivity index (χ3n) is 4.78. The molecule has 0 amide bonds. The number of hydrogen-bond donors (Lipinski definition) is 1. The fraction of sp³-hybridized carbons (Fsp3) is 0.208. The number of aromatic nitrogens is 2. The van der Waals surface area contributed by atoms with Crippen LogP contribution in [0.1, 0.15) is 28.1 Å². The number of benzene rings is 2. The average molecular weight is 384 g/mol. The number of hydrogen-bond acceptors (Lipinski definition) is 5. The van der Waals surface area contributed by atoms with Crippen LogP contribution in [-0.4, -0.2) is 9.97 Å². The molecular weight excluding hydrogens is 360 g/mol. The van der Waals surface area contributed by atoms with E-state index in [-0.39, 0.29) is 0 Å². The van der Waals surface area contributed by atoms with Gasteiger partial charge in [0, 0.05) is 28.4 Å². The van der Waals surface area contributed by atoms with Gasteiger partial charge in [-0.1, -0.05) is 35.9 Å². The van der Waals surface area contributed by atoms with Gasteiger partial charge in [0.2, 0.25) is 5.95 Å². The molecule has 0 aliphatic heterocycles. The summed E-state index contributed by atoms with van der Waals surface area (Å²) >= 11 is 0. The van der Waals surface area contributed by atoms with Crippen LogP contribution in [0.3, 0.4) is 0 Å². The molecule has 5 nitrogen and oxygen atoms in total. The predicted octanol–water partition coefficient (Wildman–Crippen LogP) is 5.36. The number of nitrogens with one attached hydrogen (secondary N) is 1. The van der Waals surface area contributed by atoms with Gasteiger partial charge in [0.05, 0.1) is 5.36 Å². The lowest BCUT2D eigenvalue weighted by molar-refractivity contribution is 0.617. The standard InChI is InChI=1S/C24H24N4O/c1-14-6-8-19(9-7-14)21-13-20(23-16(3)10-15(2)11-22(23)29-21)27-28-24-25-17(4)12-18(5)26-24/h6-13H,1-5H3,(H,25,26,28). The second kappa shape index (κ2) is 7.51. The molecule has 0 fully saturated rings. The van der Waals surface area contributed by atoms with Gasteiger partial charge >= 0.3 is 0 Å². The van der Waals surface area contributed by atoms with E-state index in [9.17, 15) is 0 Å². The Hall–Kier alpha value is -3.47. The number of fused-ring (bicyclic) bond motifs is 1. The summed E-state index contributed by atoms with van der Waals surface area (Å²) < 4.78 is 6.26. The molecule has 29 heavy (non-hydrogen) atoms. The first-order valence-electron chi connectivity index (χ1n) is 9.63. The lowest BCUT2D eigenvalue weighted by Crippen LogP contribution is -2.10. The van der Waals surface area contributed by atoms with Gasteiger partial charge in [-0.15, -0.1) is 0 Å². The van der Waals surface area contributed by atoms with E-state index in [0.717, 1.165) is 50.2 Å². The normalized spacial score (nSPS) is 11.8. The summed E-state index contributed by atoms with van der Waals surface area (Å²) in [6.45, 7) is 10.1. The Morgan fingerprint density at radius 3 is 2.17 bits per heavy atom. The molecule has 0 atom stereocenters. The molecule has 146 valence electrons. The van der Waals surface area contributed by atoms with Crippen molar-refractivity contribution in [3.63, 3.8) is 0 Å². The van der Waals surface area contributed by atoms with E-state index in [4.69, 9.17) is 4.42 Å². The molecule has 0 saturated carbocycles. The molecule has 0 radical (unpaired) electrons. The van der Waals surface area contributed by atoms with E-state index in [1.807, 2.05) is 32.0 Å². The van der Waals surface area contributed by atoms with Crippen LogP contribution in [0.25, 0.3) is 22.3 Å². The Morgan fingerprint density at radius 2 is 1.48 bits per heavy atom. The predicted molar refractivity (Wildman–Crippen MR) is 117 cm³/mol. The molecule has 4 aromatic rings. The second-order valence-electron chi connectivity index (χ2n) is 7.51. The van der Waals surface area contributed by atoms with Crippen molar-refractivity contribution in [1.29, 1.82) is 0 Å². The van der Waals surface area contributed by atoms with E-state index in [0.29, 0.717) is 5.95 Å². The van der Waals surface area contributed by atoms with Crippen molar-refractivity contribution >= 4 is 16.9 Å². The van der Waals surface area contributed by atoms with Crippen molar-refractivity contribution < 1.29 is 4.42 Å². The summed E-state index contributed by atoms with van der Waals surface area (Å²) in [5.41, 5.74) is 10.1. The fourth-order valence-electron chi connectivity index (χ4n) is 3.52. The number of aryl methyl sites for hydroxylation is 5. The Bertz CT molecular complexity index is 1250. The molecule has 0 saturated heterocycles. The molecule has 1 N–H and O–H groups in total. The topological polar surface area (TPSA) is 63.3 Å². The largest absolute Gasteiger partial charge is 0.456 e. The van der Waals surface area contributed by atoms with Gasteiger partial charge in [-0.05, 0) is 57.9 Å². The van der Waals surface area contributed by atoms with E-state index in [1.165, 1.54) is 5.56 Å². The van der Waals surface area contributed by atoms with E-state index >= 15 is 0 Å². The van der Waals surface area contributed by atoms with E-state index in [1.54, 1.807) is 0 Å². The zero-order valence-electron chi connectivity index (χ0n) is 17.4. The Balaban J connectivity index is 1.91. The highest BCUT2D eigenvalue weighted by Crippen LogP contribution is 2.25. The van der Waals surface area contributed by atoms with Gasteiger partial charge < -0.3 is 4.42 Å². The molecule has 2 aromatic heterocycles. The maximum Gasteiger partial charge on any atom is 0.243 e. The van der Waals surface area contributed by atoms with Gasteiger partial charge in [0.25, 0.3) is 0 Å². The summed E-state index contributed by atoms with van der Waals surface area (Å²) in [6.07, 6.45) is 0. The molecule has 2 heterocycles. The molecule has 5 heteroatoms. The molecule has 4 rings (SSSR count). The average Bonchev–Trinajstić information content (AvgIpc) is 2.65. The maximum absolute atomic E-state index is 6.26. The van der Waals surface area contributed by atoms with Crippen LogP contribution < -0.4 is 10.8 Å². The van der Waals surface area contributed by atoms with Gasteiger partial charge in [-0.2, -0.15) is 5.10 Å². The highest BCUT2D eigenvalue weighted by molar-refractivity contribution is 5.82. The third kappa shape index (κ3) is 4.04. The molecule has 0 aliphatic rings. The van der Waals surface area contributed by atoms with Gasteiger partial charge in [-0.3, -0.25) is 0 Å². The lowest BCUT2D eigenvalue weighted by Gasteiger charge is -2.09. The molecule has 0 unspecified atom stereocenters. The number of rotatable bonds is 3. The Morgan fingerprint density at radius 1 is 0.793 bits per heavy atom. The lowest BCUT2D eigenvalue weighted by atomic mass is 10.0. The maximum atomic E-state index is 6.26. The van der Waals surface area contributed by atoms with Crippen LogP contribution in [-0.2, 0) is 0 Å². The Labute approximate surface area is 170 Å². The highest BCUT2D eigenvalue weighted by atomic mass is 16.3. The molecule has 0 aliphatic carbocycles. The van der Waals surface area contributed by atoms with Crippen LogP contribution in [0.4, 0.5) is 5.95 Å². The van der Waals surface area contributed by atoms with Crippen LogP contribution in [0.15, 0.2) is 58.0 Å². The van der Waals surface area contributed by atoms with Crippen molar-refractivity contribution in [3.8, 4) is 11.3 Å². The SMILES string of the molecule is Cc1ccc(-c2cc(=NNc3nc(C)cc(C)n3)c3c(C)cc(C)cc3o2)cc1. The van der Waals surface area contributed by atoms with Gasteiger partial charge in [0.1, 0.15) is 11.3 Å². The molecule has 2 aromatic carbocycles. The van der Waals surface area contributed by atoms with E-state index in [2.05, 4.69) is 71.6 Å². The van der Waals surface area contributed by atoms with Crippen LogP contribution in [0.5, 0.6) is 0 Å². The highest BCUT2D eigenvalue weighted by Gasteiger charge is 2.09. The number of nitrogens with zero attached hydrogens (tertiary/aromatic N) is 3. The van der Waals surface area contributed by atoms with Crippen molar-refractivity contribution in [1.82, 2.24) is 9.97 Å². The van der Waals surface area contributed by atoms with Gasteiger partial charge in [0.15, 0.2) is 0 Å². The van der Waals surface area contributed by atoms with Crippen molar-refractivity contribution in [2.45, 2.75) is 34.6 Å². The minimum atomic E-state index is 0.484. The smallest absolute Gasteiger partial charge is 0.243 e. The summed E-state index contributed by atoms with van der Waals surface area (Å²) in [4.78, 5) is 8.83. The van der Waals surface area contributed by atoms with Crippen LogP contribution in [0, 0.1) is 34.6 Å². The first-order valence-corrected chi connectivity index (χ1v) is 9.63. The minimum Gasteiger partial charge on any atom is -0.456 e. The zero-order chi connectivity index (χ0) is 20.5. The number of anilines is 1. The quantitative estimate of drug-likeness (QED) is 0.483. The van der Waals surface area contributed by atoms with Crippen LogP contribution in [0.2, 0.25) is 0 Å². The summed E-state index contributed by atoms with van der Waals surface area (Å²) in [6, 6.07) is 16.4. The summed E-state index contributed by atoms with van der Waals surface area (Å²) in [5, 5.41) is 6.41. The minimum absolute atomic E-state index is 0.484. The molecule has 0 bridgehead atoms. The zero-order valence-corrected chi connectivity index (χ0v) is 17.4.